The van der Waals surface area contributed by atoms with E-state index < -0.39 is 15.9 Å². The molecular weight excluding hydrogens is 340 g/mol. The molecule has 0 aliphatic rings. The van der Waals surface area contributed by atoms with Crippen molar-refractivity contribution in [1.82, 2.24) is 5.16 Å². The third-order valence-electron chi connectivity index (χ3n) is 3.60. The lowest BCUT2D eigenvalue weighted by atomic mass is 10.00. The van der Waals surface area contributed by atoms with Gasteiger partial charge in [0, 0.05) is 5.56 Å². The molecule has 1 heterocycles. The van der Waals surface area contributed by atoms with Crippen LogP contribution in [0.5, 0.6) is 0 Å². The van der Waals surface area contributed by atoms with Crippen LogP contribution in [0.4, 0.5) is 0 Å². The fourth-order valence-corrected chi connectivity index (χ4v) is 3.44. The van der Waals surface area contributed by atoms with Crippen LogP contribution in [-0.4, -0.2) is 19.5 Å². The van der Waals surface area contributed by atoms with Crippen LogP contribution in [0, 0.1) is 6.92 Å². The third-order valence-corrected chi connectivity index (χ3v) is 4.96. The van der Waals surface area contributed by atoms with Crippen LogP contribution in [0.15, 0.2) is 68.4 Å². The minimum absolute atomic E-state index is 0.0400. The van der Waals surface area contributed by atoms with Gasteiger partial charge >= 0.3 is 0 Å². The Kier molecular flexibility index (Phi) is 4.41. The van der Waals surface area contributed by atoms with Crippen molar-refractivity contribution in [3.63, 3.8) is 0 Å². The largest absolute Gasteiger partial charge is 0.861 e. The molecular formula is C18H15N2O4S-. The second kappa shape index (κ2) is 6.52. The quantitative estimate of drug-likeness (QED) is 0.530. The lowest BCUT2D eigenvalue weighted by molar-refractivity contribution is -0.215. The molecule has 0 amide bonds. The van der Waals surface area contributed by atoms with Crippen molar-refractivity contribution in [3.05, 3.63) is 60.4 Å². The molecule has 128 valence electrons. The summed E-state index contributed by atoms with van der Waals surface area (Å²) >= 11 is 0. The molecule has 2 aromatic carbocycles. The highest BCUT2D eigenvalue weighted by Crippen LogP contribution is 2.34. The number of nitrogens with zero attached hydrogens (tertiary/aromatic N) is 2. The number of rotatable bonds is 4. The number of hydrogen-bond acceptors (Lipinski definition) is 5. The van der Waals surface area contributed by atoms with Crippen molar-refractivity contribution in [2.75, 3.05) is 0 Å². The van der Waals surface area contributed by atoms with Crippen molar-refractivity contribution in [2.24, 2.45) is 4.40 Å². The number of hydrogen-bond donors (Lipinski definition) is 0. The van der Waals surface area contributed by atoms with Gasteiger partial charge in [0.1, 0.15) is 11.5 Å². The van der Waals surface area contributed by atoms with E-state index in [1.54, 1.807) is 19.1 Å². The topological polar surface area (TPSA) is 95.6 Å². The molecule has 25 heavy (non-hydrogen) atoms. The minimum Gasteiger partial charge on any atom is -0.861 e. The van der Waals surface area contributed by atoms with E-state index in [2.05, 4.69) is 9.55 Å². The van der Waals surface area contributed by atoms with Gasteiger partial charge in [0.05, 0.1) is 10.5 Å². The van der Waals surface area contributed by atoms with Gasteiger partial charge in [-0.05, 0) is 37.4 Å². The minimum atomic E-state index is -3.98. The van der Waals surface area contributed by atoms with Crippen LogP contribution in [0.25, 0.3) is 22.4 Å². The van der Waals surface area contributed by atoms with E-state index in [0.29, 0.717) is 11.5 Å². The summed E-state index contributed by atoms with van der Waals surface area (Å²) in [7, 11) is -3.98. The molecule has 0 spiro atoms. The van der Waals surface area contributed by atoms with E-state index >= 15 is 0 Å². The number of benzene rings is 2. The van der Waals surface area contributed by atoms with Crippen molar-refractivity contribution >= 4 is 15.9 Å². The molecule has 0 fully saturated rings. The smallest absolute Gasteiger partial charge is 0.281 e. The first-order valence-corrected chi connectivity index (χ1v) is 8.93. The Hall–Kier alpha value is -2.93. The highest BCUT2D eigenvalue weighted by atomic mass is 32.2. The average Bonchev–Trinajstić information content (AvgIpc) is 2.96. The molecule has 0 N–H and O–H groups in total. The van der Waals surface area contributed by atoms with Gasteiger partial charge in [-0.1, -0.05) is 47.6 Å². The van der Waals surface area contributed by atoms with E-state index in [-0.39, 0.29) is 4.90 Å². The number of sulfonamides is 1. The molecule has 0 radical (unpaired) electrons. The molecule has 6 nitrogen and oxygen atoms in total. The van der Waals surface area contributed by atoms with Gasteiger partial charge in [0.15, 0.2) is 0 Å². The van der Waals surface area contributed by atoms with Gasteiger partial charge in [-0.25, -0.2) is 0 Å². The summed E-state index contributed by atoms with van der Waals surface area (Å²) in [5.74, 6) is -0.131. The van der Waals surface area contributed by atoms with Gasteiger partial charge < -0.3 is 9.63 Å². The summed E-state index contributed by atoms with van der Waals surface area (Å²) < 4.78 is 32.4. The zero-order valence-electron chi connectivity index (χ0n) is 13.6. The molecule has 0 saturated heterocycles. The van der Waals surface area contributed by atoms with E-state index in [4.69, 9.17) is 4.52 Å². The van der Waals surface area contributed by atoms with E-state index in [1.165, 1.54) is 12.1 Å². The van der Waals surface area contributed by atoms with Crippen LogP contribution in [0.1, 0.15) is 12.7 Å². The lowest BCUT2D eigenvalue weighted by Crippen LogP contribution is -2.14. The zero-order valence-corrected chi connectivity index (χ0v) is 14.4. The molecule has 3 rings (SSSR count). The maximum atomic E-state index is 12.0. The second-order valence-corrected chi connectivity index (χ2v) is 7.04. The lowest BCUT2D eigenvalue weighted by Gasteiger charge is -2.06. The third kappa shape index (κ3) is 3.46. The first kappa shape index (κ1) is 16.9. The zero-order chi connectivity index (χ0) is 18.0. The maximum absolute atomic E-state index is 12.0. The Morgan fingerprint density at radius 2 is 1.68 bits per heavy atom. The molecule has 3 aromatic rings. The molecule has 1 aromatic heterocycles. The van der Waals surface area contributed by atoms with Crippen LogP contribution in [-0.2, 0) is 10.0 Å². The Morgan fingerprint density at radius 3 is 2.28 bits per heavy atom. The summed E-state index contributed by atoms with van der Waals surface area (Å²) in [6, 6.07) is 15.7. The molecule has 0 saturated carbocycles. The molecule has 0 atom stereocenters. The Labute approximate surface area is 145 Å². The number of aryl methyl sites for hydroxylation is 1. The van der Waals surface area contributed by atoms with Crippen LogP contribution in [0.3, 0.4) is 0 Å². The summed E-state index contributed by atoms with van der Waals surface area (Å²) in [6.45, 7) is 2.89. The highest BCUT2D eigenvalue weighted by Gasteiger charge is 2.18. The standard InChI is InChI=1S/C18H16N2O4S/c1-12-17(18(19-24-12)15-6-4-3-5-7-15)14-8-10-16(11-9-14)25(22,23)20-13(2)21/h3-11H,1-2H3,(H,20,21)/p-1. The van der Waals surface area contributed by atoms with Gasteiger partial charge in [0.25, 0.3) is 10.0 Å². The maximum Gasteiger partial charge on any atom is 0.281 e. The van der Waals surface area contributed by atoms with Crippen molar-refractivity contribution in [1.29, 1.82) is 0 Å². The molecule has 0 aliphatic heterocycles. The van der Waals surface area contributed by atoms with Crippen LogP contribution >= 0.6 is 0 Å². The first-order chi connectivity index (χ1) is 11.9. The van der Waals surface area contributed by atoms with Gasteiger partial charge in [0.2, 0.25) is 0 Å². The molecule has 0 unspecified atom stereocenters. The first-order valence-electron chi connectivity index (χ1n) is 7.49. The van der Waals surface area contributed by atoms with Crippen molar-refractivity contribution in [2.45, 2.75) is 18.7 Å². The van der Waals surface area contributed by atoms with Crippen LogP contribution in [0.2, 0.25) is 0 Å². The predicted molar refractivity (Wildman–Crippen MR) is 92.4 cm³/mol. The SMILES string of the molecule is C/C([O-])=N/S(=O)(=O)c1ccc(-c2c(-c3ccccc3)noc2C)cc1. The average molecular weight is 355 g/mol. The van der Waals surface area contributed by atoms with Crippen molar-refractivity contribution in [3.8, 4) is 22.4 Å². The Bertz CT molecular complexity index is 1020. The van der Waals surface area contributed by atoms with E-state index in [9.17, 15) is 13.5 Å². The van der Waals surface area contributed by atoms with Gasteiger partial charge in [-0.2, -0.15) is 12.8 Å². The Balaban J connectivity index is 2.05. The summed E-state index contributed by atoms with van der Waals surface area (Å²) in [4.78, 5) is -0.0400. The van der Waals surface area contributed by atoms with Gasteiger partial charge in [-0.15, -0.1) is 0 Å². The van der Waals surface area contributed by atoms with Crippen LogP contribution < -0.4 is 5.11 Å². The summed E-state index contributed by atoms with van der Waals surface area (Å²) in [5, 5.41) is 15.1. The monoisotopic (exact) mass is 355 g/mol. The molecule has 0 aliphatic carbocycles. The summed E-state index contributed by atoms with van der Waals surface area (Å²) in [5.41, 5.74) is 3.14. The predicted octanol–water partition coefficient (Wildman–Crippen LogP) is 2.78. The number of aromatic nitrogens is 1. The summed E-state index contributed by atoms with van der Waals surface area (Å²) in [6.07, 6.45) is 0. The molecule has 7 heteroatoms. The second-order valence-electron chi connectivity index (χ2n) is 5.44. The fraction of sp³-hybridized carbons (Fsp3) is 0.111. The van der Waals surface area contributed by atoms with Gasteiger partial charge in [-0.3, -0.25) is 0 Å². The normalized spacial score (nSPS) is 12.3. The highest BCUT2D eigenvalue weighted by molar-refractivity contribution is 7.90. The fourth-order valence-electron chi connectivity index (χ4n) is 2.52. The van der Waals surface area contributed by atoms with E-state index in [1.807, 2.05) is 30.3 Å². The molecule has 0 bridgehead atoms. The van der Waals surface area contributed by atoms with E-state index in [0.717, 1.165) is 23.6 Å². The van der Waals surface area contributed by atoms with Crippen molar-refractivity contribution < 1.29 is 18.0 Å². The Morgan fingerprint density at radius 1 is 1.04 bits per heavy atom.